The molecule has 0 unspecified atom stereocenters. The molecule has 0 heterocycles. The van der Waals surface area contributed by atoms with Crippen molar-refractivity contribution in [1.29, 1.82) is 0 Å². The standard InChI is InChI=1S/C17H19BrN2O/c1-11-4-9-16(12(2)10-11)20-17(21)13(3)19-15-7-5-14(18)6-8-15/h4-10,13,19H,1-3H3,(H,20,21)/t13-/m0/s1. The van der Waals surface area contributed by atoms with Crippen molar-refractivity contribution in [3.05, 3.63) is 58.1 Å². The molecule has 3 nitrogen and oxygen atoms in total. The quantitative estimate of drug-likeness (QED) is 0.855. The van der Waals surface area contributed by atoms with Crippen molar-refractivity contribution in [2.45, 2.75) is 26.8 Å². The summed E-state index contributed by atoms with van der Waals surface area (Å²) in [6.07, 6.45) is 0. The SMILES string of the molecule is Cc1ccc(NC(=O)[C@H](C)Nc2ccc(Br)cc2)c(C)c1. The van der Waals surface area contributed by atoms with E-state index < -0.39 is 0 Å². The lowest BCUT2D eigenvalue weighted by Gasteiger charge is -2.16. The third-order valence-corrected chi connectivity index (χ3v) is 3.79. The molecule has 0 saturated heterocycles. The van der Waals surface area contributed by atoms with Gasteiger partial charge in [-0.15, -0.1) is 0 Å². The predicted octanol–water partition coefficient (Wildman–Crippen LogP) is 4.51. The fourth-order valence-electron chi connectivity index (χ4n) is 2.06. The fraction of sp³-hybridized carbons (Fsp3) is 0.235. The van der Waals surface area contributed by atoms with Gasteiger partial charge in [0.25, 0.3) is 0 Å². The van der Waals surface area contributed by atoms with Crippen molar-refractivity contribution in [3.63, 3.8) is 0 Å². The molecule has 0 bridgehead atoms. The average Bonchev–Trinajstić information content (AvgIpc) is 2.44. The second kappa shape index (κ2) is 6.76. The Balaban J connectivity index is 2.00. The summed E-state index contributed by atoms with van der Waals surface area (Å²) < 4.78 is 1.01. The lowest BCUT2D eigenvalue weighted by molar-refractivity contribution is -0.116. The van der Waals surface area contributed by atoms with Gasteiger partial charge in [-0.05, 0) is 56.7 Å². The van der Waals surface area contributed by atoms with E-state index in [4.69, 9.17) is 0 Å². The van der Waals surface area contributed by atoms with Gasteiger partial charge in [0, 0.05) is 15.8 Å². The van der Waals surface area contributed by atoms with Gasteiger partial charge in [0.1, 0.15) is 6.04 Å². The van der Waals surface area contributed by atoms with Crippen LogP contribution in [0.15, 0.2) is 46.9 Å². The summed E-state index contributed by atoms with van der Waals surface area (Å²) in [6.45, 7) is 5.88. The number of nitrogens with one attached hydrogen (secondary N) is 2. The van der Waals surface area contributed by atoms with E-state index in [2.05, 4.69) is 32.6 Å². The molecule has 2 aromatic rings. The molecule has 0 spiro atoms. The Morgan fingerprint density at radius 1 is 1.10 bits per heavy atom. The zero-order valence-corrected chi connectivity index (χ0v) is 14.0. The molecule has 2 N–H and O–H groups in total. The van der Waals surface area contributed by atoms with E-state index >= 15 is 0 Å². The van der Waals surface area contributed by atoms with Gasteiger partial charge in [0.2, 0.25) is 5.91 Å². The van der Waals surface area contributed by atoms with E-state index in [0.717, 1.165) is 21.4 Å². The second-order valence-corrected chi connectivity index (χ2v) is 6.10. The maximum absolute atomic E-state index is 12.2. The number of hydrogen-bond acceptors (Lipinski definition) is 2. The Labute approximate surface area is 133 Å². The van der Waals surface area contributed by atoms with Crippen LogP contribution < -0.4 is 10.6 Å². The minimum atomic E-state index is -0.313. The highest BCUT2D eigenvalue weighted by Crippen LogP contribution is 2.18. The first-order chi connectivity index (χ1) is 9.95. The maximum atomic E-state index is 12.2. The van der Waals surface area contributed by atoms with Crippen LogP contribution in [0.2, 0.25) is 0 Å². The van der Waals surface area contributed by atoms with Gasteiger partial charge in [-0.25, -0.2) is 0 Å². The molecule has 2 aromatic carbocycles. The molecule has 4 heteroatoms. The number of halogens is 1. The largest absolute Gasteiger partial charge is 0.374 e. The summed E-state index contributed by atoms with van der Waals surface area (Å²) in [4.78, 5) is 12.2. The van der Waals surface area contributed by atoms with Gasteiger partial charge in [-0.3, -0.25) is 4.79 Å². The van der Waals surface area contributed by atoms with E-state index in [-0.39, 0.29) is 11.9 Å². The van der Waals surface area contributed by atoms with Gasteiger partial charge in [0.15, 0.2) is 0 Å². The number of amides is 1. The monoisotopic (exact) mass is 346 g/mol. The Bertz CT molecular complexity index is 638. The number of aryl methyl sites for hydroxylation is 2. The minimum Gasteiger partial charge on any atom is -0.374 e. The lowest BCUT2D eigenvalue weighted by atomic mass is 10.1. The van der Waals surface area contributed by atoms with Gasteiger partial charge < -0.3 is 10.6 Å². The van der Waals surface area contributed by atoms with Crippen LogP contribution >= 0.6 is 15.9 Å². The van der Waals surface area contributed by atoms with Crippen LogP contribution in [0.1, 0.15) is 18.1 Å². The molecule has 0 aliphatic carbocycles. The van der Waals surface area contributed by atoms with E-state index in [1.807, 2.05) is 57.2 Å². The third kappa shape index (κ3) is 4.33. The van der Waals surface area contributed by atoms with Gasteiger partial charge >= 0.3 is 0 Å². The summed E-state index contributed by atoms with van der Waals surface area (Å²) in [5.41, 5.74) is 4.03. The van der Waals surface area contributed by atoms with E-state index in [0.29, 0.717) is 0 Å². The van der Waals surface area contributed by atoms with Crippen molar-refractivity contribution < 1.29 is 4.79 Å². The second-order valence-electron chi connectivity index (χ2n) is 5.18. The maximum Gasteiger partial charge on any atom is 0.246 e. The lowest BCUT2D eigenvalue weighted by Crippen LogP contribution is -2.32. The molecule has 1 atom stereocenters. The van der Waals surface area contributed by atoms with E-state index in [9.17, 15) is 4.79 Å². The molecule has 110 valence electrons. The van der Waals surface area contributed by atoms with Crippen LogP contribution in [-0.4, -0.2) is 11.9 Å². The molecule has 0 saturated carbocycles. The number of carbonyl (C=O) groups is 1. The summed E-state index contributed by atoms with van der Waals surface area (Å²) in [5, 5.41) is 6.15. The number of rotatable bonds is 4. The first kappa shape index (κ1) is 15.6. The van der Waals surface area contributed by atoms with Crippen LogP contribution in [0.25, 0.3) is 0 Å². The van der Waals surface area contributed by atoms with Crippen molar-refractivity contribution >= 4 is 33.2 Å². The smallest absolute Gasteiger partial charge is 0.246 e. The number of anilines is 2. The highest BCUT2D eigenvalue weighted by Gasteiger charge is 2.13. The third-order valence-electron chi connectivity index (χ3n) is 3.26. The highest BCUT2D eigenvalue weighted by atomic mass is 79.9. The Morgan fingerprint density at radius 2 is 1.76 bits per heavy atom. The zero-order valence-electron chi connectivity index (χ0n) is 12.4. The molecule has 0 aromatic heterocycles. The van der Waals surface area contributed by atoms with Gasteiger partial charge in [-0.1, -0.05) is 33.6 Å². The Kier molecular flexibility index (Phi) is 5.02. The molecule has 0 fully saturated rings. The minimum absolute atomic E-state index is 0.0510. The fourth-order valence-corrected chi connectivity index (χ4v) is 2.32. The molecular formula is C17H19BrN2O. The van der Waals surface area contributed by atoms with Crippen molar-refractivity contribution in [2.75, 3.05) is 10.6 Å². The first-order valence-electron chi connectivity index (χ1n) is 6.86. The van der Waals surface area contributed by atoms with Crippen molar-refractivity contribution in [2.24, 2.45) is 0 Å². The van der Waals surface area contributed by atoms with Crippen molar-refractivity contribution in [1.82, 2.24) is 0 Å². The van der Waals surface area contributed by atoms with Crippen LogP contribution in [0.4, 0.5) is 11.4 Å². The zero-order chi connectivity index (χ0) is 15.4. The highest BCUT2D eigenvalue weighted by molar-refractivity contribution is 9.10. The van der Waals surface area contributed by atoms with Crippen LogP contribution in [0.3, 0.4) is 0 Å². The van der Waals surface area contributed by atoms with E-state index in [1.165, 1.54) is 5.56 Å². The van der Waals surface area contributed by atoms with Crippen LogP contribution in [0, 0.1) is 13.8 Å². The summed E-state index contributed by atoms with van der Waals surface area (Å²) in [6, 6.07) is 13.4. The molecule has 0 aliphatic heterocycles. The predicted molar refractivity (Wildman–Crippen MR) is 91.8 cm³/mol. The summed E-state index contributed by atoms with van der Waals surface area (Å²) >= 11 is 3.39. The molecule has 0 aliphatic rings. The van der Waals surface area contributed by atoms with Crippen molar-refractivity contribution in [3.8, 4) is 0 Å². The van der Waals surface area contributed by atoms with E-state index in [1.54, 1.807) is 0 Å². The summed E-state index contributed by atoms with van der Waals surface area (Å²) in [7, 11) is 0. The molecular weight excluding hydrogens is 328 g/mol. The first-order valence-corrected chi connectivity index (χ1v) is 7.65. The molecule has 1 amide bonds. The number of benzene rings is 2. The van der Waals surface area contributed by atoms with Crippen LogP contribution in [-0.2, 0) is 4.79 Å². The van der Waals surface area contributed by atoms with Gasteiger partial charge in [-0.2, -0.15) is 0 Å². The number of hydrogen-bond donors (Lipinski definition) is 2. The normalized spacial score (nSPS) is 11.8. The Hall–Kier alpha value is -1.81. The van der Waals surface area contributed by atoms with Crippen LogP contribution in [0.5, 0.6) is 0 Å². The Morgan fingerprint density at radius 3 is 2.38 bits per heavy atom. The summed E-state index contributed by atoms with van der Waals surface area (Å²) in [5.74, 6) is -0.0510. The molecule has 2 rings (SSSR count). The molecule has 0 radical (unpaired) electrons. The molecule has 21 heavy (non-hydrogen) atoms. The average molecular weight is 347 g/mol. The van der Waals surface area contributed by atoms with Gasteiger partial charge in [0.05, 0.1) is 0 Å². The topological polar surface area (TPSA) is 41.1 Å². The number of carbonyl (C=O) groups excluding carboxylic acids is 1.